The summed E-state index contributed by atoms with van der Waals surface area (Å²) < 4.78 is 53.7. The smallest absolute Gasteiger partial charge is 0.283 e. The molecule has 1 aliphatic rings. The molecule has 0 amide bonds. The third kappa shape index (κ3) is 5.95. The minimum atomic E-state index is -3.29. The monoisotopic (exact) mass is 533 g/mol. The molecule has 0 fully saturated rings. The van der Waals surface area contributed by atoms with E-state index >= 15 is 0 Å². The fourth-order valence-electron chi connectivity index (χ4n) is 5.32. The van der Waals surface area contributed by atoms with E-state index in [9.17, 15) is 18.3 Å². The van der Waals surface area contributed by atoms with Gasteiger partial charge in [0.2, 0.25) is 0 Å². The van der Waals surface area contributed by atoms with Crippen LogP contribution in [0.15, 0.2) is 42.5 Å². The molecule has 0 radical (unpaired) electrons. The van der Waals surface area contributed by atoms with Crippen LogP contribution >= 0.6 is 0 Å². The molecular formula is C29H38F3N3O3. The maximum atomic E-state index is 14.8. The number of methoxy groups -OCH3 is 1. The summed E-state index contributed by atoms with van der Waals surface area (Å²) in [4.78, 5) is 5.25. The molecule has 0 bridgehead atoms. The van der Waals surface area contributed by atoms with Gasteiger partial charge in [0.15, 0.2) is 0 Å². The first-order valence-electron chi connectivity index (χ1n) is 13.0. The molecule has 2 aromatic carbocycles. The fraction of sp³-hybridized carbons (Fsp3) is 0.517. The second-order valence-corrected chi connectivity index (χ2v) is 10.7. The van der Waals surface area contributed by atoms with E-state index in [1.807, 2.05) is 51.1 Å². The van der Waals surface area contributed by atoms with Crippen molar-refractivity contribution in [1.82, 2.24) is 15.2 Å². The second-order valence-electron chi connectivity index (χ2n) is 10.7. The molecule has 38 heavy (non-hydrogen) atoms. The Kier molecular flexibility index (Phi) is 8.59. The molecule has 0 saturated carbocycles. The number of aromatic amines is 1. The number of aromatic nitrogens is 1. The first-order chi connectivity index (χ1) is 18.1. The number of hydrogen-bond donors (Lipinski definition) is 3. The second kappa shape index (κ2) is 11.6. The Balaban J connectivity index is 1.78. The number of hydrogen-bond acceptors (Lipinski definition) is 5. The lowest BCUT2D eigenvalue weighted by molar-refractivity contribution is -0.100. The number of nitrogens with one attached hydrogen (secondary N) is 2. The number of para-hydroxylation sites is 1. The van der Waals surface area contributed by atoms with E-state index in [4.69, 9.17) is 9.47 Å². The van der Waals surface area contributed by atoms with Crippen molar-refractivity contribution in [2.24, 2.45) is 0 Å². The standard InChI is InChI=1S/C29H38F3N3O3/c1-19(33-13-7-12-30)16-38-20-10-11-25(37-4)22(14-20)27-26-23(21-8-5-6-9-24(21)34-26)15-28(2,3)35(27)17-29(31,32)18-36/h5-6,8-11,14,19,27,33-34,36H,7,12-13,15-18H2,1-4H3/t19-,27-/m1/s1. The molecule has 4 rings (SSSR count). The average Bonchev–Trinajstić information content (AvgIpc) is 3.25. The van der Waals surface area contributed by atoms with Crippen LogP contribution in [0.5, 0.6) is 11.5 Å². The summed E-state index contributed by atoms with van der Waals surface area (Å²) in [7, 11) is 1.56. The van der Waals surface area contributed by atoms with Crippen molar-refractivity contribution in [2.75, 3.05) is 40.1 Å². The number of aliphatic hydroxyl groups is 1. The maximum Gasteiger partial charge on any atom is 0.283 e. The van der Waals surface area contributed by atoms with Crippen LogP contribution in [-0.2, 0) is 6.42 Å². The van der Waals surface area contributed by atoms with Crippen molar-refractivity contribution in [3.05, 3.63) is 59.3 Å². The number of halogens is 3. The highest BCUT2D eigenvalue weighted by Gasteiger charge is 2.47. The predicted octanol–water partition coefficient (Wildman–Crippen LogP) is 5.25. The molecule has 0 saturated heterocycles. The average molecular weight is 534 g/mol. The molecule has 2 heterocycles. The molecule has 0 spiro atoms. The van der Waals surface area contributed by atoms with E-state index in [0.29, 0.717) is 43.1 Å². The van der Waals surface area contributed by atoms with Crippen LogP contribution in [0.2, 0.25) is 0 Å². The highest BCUT2D eigenvalue weighted by molar-refractivity contribution is 5.85. The molecule has 3 aromatic rings. The molecule has 9 heteroatoms. The number of benzene rings is 2. The van der Waals surface area contributed by atoms with Crippen LogP contribution in [0.3, 0.4) is 0 Å². The Labute approximate surface area is 222 Å². The molecule has 0 aliphatic carbocycles. The summed E-state index contributed by atoms with van der Waals surface area (Å²) in [6, 6.07) is 12.8. The van der Waals surface area contributed by atoms with E-state index in [0.717, 1.165) is 22.2 Å². The Morgan fingerprint density at radius 2 is 2.00 bits per heavy atom. The van der Waals surface area contributed by atoms with Gasteiger partial charge in [0, 0.05) is 33.7 Å². The van der Waals surface area contributed by atoms with Crippen LogP contribution in [-0.4, -0.2) is 72.6 Å². The van der Waals surface area contributed by atoms with Crippen molar-refractivity contribution < 1.29 is 27.8 Å². The number of nitrogens with zero attached hydrogens (tertiary/aromatic N) is 1. The minimum Gasteiger partial charge on any atom is -0.496 e. The normalized spacial score (nSPS) is 18.4. The number of ether oxygens (including phenoxy) is 2. The molecule has 208 valence electrons. The third-order valence-corrected chi connectivity index (χ3v) is 7.25. The zero-order chi connectivity index (χ0) is 27.5. The predicted molar refractivity (Wildman–Crippen MR) is 143 cm³/mol. The van der Waals surface area contributed by atoms with E-state index in [-0.39, 0.29) is 12.7 Å². The summed E-state index contributed by atoms with van der Waals surface area (Å²) in [6.45, 7) is 4.55. The molecule has 2 atom stereocenters. The van der Waals surface area contributed by atoms with Gasteiger partial charge in [-0.1, -0.05) is 18.2 Å². The fourth-order valence-corrected chi connectivity index (χ4v) is 5.32. The lowest BCUT2D eigenvalue weighted by Gasteiger charge is -2.49. The molecule has 3 N–H and O–H groups in total. The van der Waals surface area contributed by atoms with E-state index in [1.54, 1.807) is 24.1 Å². The van der Waals surface area contributed by atoms with Crippen LogP contribution in [0, 0.1) is 0 Å². The van der Waals surface area contributed by atoms with Gasteiger partial charge in [-0.05, 0) is 70.0 Å². The van der Waals surface area contributed by atoms with Crippen LogP contribution in [0.4, 0.5) is 13.2 Å². The quantitative estimate of drug-likeness (QED) is 0.278. The largest absolute Gasteiger partial charge is 0.496 e. The van der Waals surface area contributed by atoms with Crippen molar-refractivity contribution in [1.29, 1.82) is 0 Å². The van der Waals surface area contributed by atoms with Crippen molar-refractivity contribution in [3.8, 4) is 11.5 Å². The van der Waals surface area contributed by atoms with Gasteiger partial charge in [-0.3, -0.25) is 9.29 Å². The Bertz CT molecular complexity index is 1230. The van der Waals surface area contributed by atoms with Gasteiger partial charge in [-0.2, -0.15) is 0 Å². The number of fused-ring (bicyclic) bond motifs is 3. The Hall–Kier alpha value is -2.75. The lowest BCUT2D eigenvalue weighted by Crippen LogP contribution is -2.55. The summed E-state index contributed by atoms with van der Waals surface area (Å²) >= 11 is 0. The Morgan fingerprint density at radius 1 is 1.24 bits per heavy atom. The van der Waals surface area contributed by atoms with Crippen molar-refractivity contribution in [2.45, 2.75) is 57.2 Å². The van der Waals surface area contributed by atoms with Gasteiger partial charge in [0.05, 0.1) is 26.4 Å². The number of aliphatic hydroxyl groups excluding tert-OH is 1. The van der Waals surface area contributed by atoms with E-state index < -0.39 is 30.7 Å². The first-order valence-corrected chi connectivity index (χ1v) is 13.0. The molecule has 1 aromatic heterocycles. The van der Waals surface area contributed by atoms with Crippen LogP contribution in [0.25, 0.3) is 10.9 Å². The molecule has 1 aliphatic heterocycles. The summed E-state index contributed by atoms with van der Waals surface area (Å²) in [5, 5.41) is 13.7. The third-order valence-electron chi connectivity index (χ3n) is 7.25. The first kappa shape index (κ1) is 28.3. The van der Waals surface area contributed by atoms with E-state index in [1.165, 1.54) is 0 Å². The number of H-pyrrole nitrogens is 1. The maximum absolute atomic E-state index is 14.8. The van der Waals surface area contributed by atoms with E-state index in [2.05, 4.69) is 10.3 Å². The van der Waals surface area contributed by atoms with Crippen molar-refractivity contribution in [3.63, 3.8) is 0 Å². The number of alkyl halides is 3. The highest BCUT2D eigenvalue weighted by Crippen LogP contribution is 2.48. The van der Waals surface area contributed by atoms with Gasteiger partial charge >= 0.3 is 0 Å². The zero-order valence-corrected chi connectivity index (χ0v) is 22.5. The Morgan fingerprint density at radius 3 is 2.71 bits per heavy atom. The topological polar surface area (TPSA) is 69.8 Å². The van der Waals surface area contributed by atoms with Gasteiger partial charge < -0.3 is 24.9 Å². The summed E-state index contributed by atoms with van der Waals surface area (Å²) in [5.74, 6) is -2.16. The van der Waals surface area contributed by atoms with Gasteiger partial charge in [-0.25, -0.2) is 8.78 Å². The van der Waals surface area contributed by atoms with Crippen LogP contribution in [0.1, 0.15) is 50.1 Å². The van der Waals surface area contributed by atoms with Gasteiger partial charge in [0.1, 0.15) is 24.7 Å². The summed E-state index contributed by atoms with van der Waals surface area (Å²) in [6.07, 6.45) is 1.00. The summed E-state index contributed by atoms with van der Waals surface area (Å²) in [5.41, 5.74) is 2.89. The SMILES string of the molecule is COc1ccc(OC[C@@H](C)NCCCF)cc1[C@@H]1c2[nH]c3ccccc3c2CC(C)(C)N1CC(F)(F)CO. The molecular weight excluding hydrogens is 495 g/mol. The van der Waals surface area contributed by atoms with Gasteiger partial charge in [0.25, 0.3) is 5.92 Å². The minimum absolute atomic E-state index is 0.000712. The van der Waals surface area contributed by atoms with Crippen LogP contribution < -0.4 is 14.8 Å². The molecule has 0 unspecified atom stereocenters. The highest BCUT2D eigenvalue weighted by atomic mass is 19.3. The lowest BCUT2D eigenvalue weighted by atomic mass is 9.81. The molecule has 6 nitrogen and oxygen atoms in total. The zero-order valence-electron chi connectivity index (χ0n) is 22.5. The number of rotatable bonds is 12. The van der Waals surface area contributed by atoms with Crippen molar-refractivity contribution >= 4 is 10.9 Å². The van der Waals surface area contributed by atoms with Gasteiger partial charge in [-0.15, -0.1) is 0 Å².